The fraction of sp³-hybridized carbons (Fsp3) is 0.538. The Bertz CT molecular complexity index is 344. The average Bonchev–Trinajstić information content (AvgIpc) is 2.16. The fourth-order valence-electron chi connectivity index (χ4n) is 1.49. The molecule has 3 heteroatoms. The molecule has 3 nitrogen and oxygen atoms in total. The highest BCUT2D eigenvalue weighted by atomic mass is 16.3. The highest BCUT2D eigenvalue weighted by molar-refractivity contribution is 5.33. The molecule has 0 spiro atoms. The summed E-state index contributed by atoms with van der Waals surface area (Å²) in [6.07, 6.45) is -0.267. The Labute approximate surface area is 96.9 Å². The number of para-hydroxylation sites is 1. The topological polar surface area (TPSA) is 66.5 Å². The Kier molecular flexibility index (Phi) is 3.94. The van der Waals surface area contributed by atoms with Gasteiger partial charge in [0.05, 0.1) is 6.10 Å². The number of aliphatic hydroxyl groups is 1. The van der Waals surface area contributed by atoms with Crippen molar-refractivity contribution < 1.29 is 10.2 Å². The van der Waals surface area contributed by atoms with Crippen LogP contribution in [0.5, 0.6) is 5.75 Å². The highest BCUT2D eigenvalue weighted by Crippen LogP contribution is 2.30. The summed E-state index contributed by atoms with van der Waals surface area (Å²) >= 11 is 0. The second-order valence-electron chi connectivity index (χ2n) is 5.28. The zero-order valence-corrected chi connectivity index (χ0v) is 10.1. The van der Waals surface area contributed by atoms with Crippen molar-refractivity contribution in [1.82, 2.24) is 0 Å². The van der Waals surface area contributed by atoms with E-state index in [0.29, 0.717) is 12.0 Å². The monoisotopic (exact) mass is 223 g/mol. The van der Waals surface area contributed by atoms with Crippen LogP contribution < -0.4 is 5.73 Å². The summed E-state index contributed by atoms with van der Waals surface area (Å²) in [5.41, 5.74) is 6.49. The molecule has 0 aliphatic rings. The summed E-state index contributed by atoms with van der Waals surface area (Å²) in [5.74, 6) is 0.121. The molecule has 0 aliphatic heterocycles. The van der Waals surface area contributed by atoms with Crippen molar-refractivity contribution in [2.45, 2.75) is 39.3 Å². The largest absolute Gasteiger partial charge is 0.508 e. The number of rotatable bonds is 3. The van der Waals surface area contributed by atoms with E-state index in [-0.39, 0.29) is 17.2 Å². The highest BCUT2D eigenvalue weighted by Gasteiger charge is 2.24. The van der Waals surface area contributed by atoms with Gasteiger partial charge in [-0.3, -0.25) is 0 Å². The number of phenols is 1. The van der Waals surface area contributed by atoms with Gasteiger partial charge >= 0.3 is 0 Å². The summed E-state index contributed by atoms with van der Waals surface area (Å²) in [6, 6.07) is 6.70. The zero-order valence-electron chi connectivity index (χ0n) is 10.1. The van der Waals surface area contributed by atoms with E-state index in [0.717, 1.165) is 0 Å². The maximum absolute atomic E-state index is 10.00. The lowest BCUT2D eigenvalue weighted by atomic mass is 9.83. The van der Waals surface area contributed by atoms with Gasteiger partial charge in [-0.2, -0.15) is 0 Å². The minimum atomic E-state index is -0.713. The van der Waals surface area contributed by atoms with Gasteiger partial charge in [-0.25, -0.2) is 0 Å². The van der Waals surface area contributed by atoms with Crippen LogP contribution in [0.15, 0.2) is 24.3 Å². The summed E-state index contributed by atoms with van der Waals surface area (Å²) in [4.78, 5) is 0. The van der Waals surface area contributed by atoms with E-state index in [2.05, 4.69) is 0 Å². The van der Waals surface area contributed by atoms with E-state index in [1.165, 1.54) is 0 Å². The molecule has 1 rings (SSSR count). The van der Waals surface area contributed by atoms with Crippen LogP contribution in [0.1, 0.15) is 38.9 Å². The first-order valence-electron chi connectivity index (χ1n) is 5.54. The molecule has 0 fully saturated rings. The number of nitrogens with two attached hydrogens (primary N) is 1. The molecule has 0 aliphatic carbocycles. The third-order valence-electron chi connectivity index (χ3n) is 2.89. The van der Waals surface area contributed by atoms with Crippen LogP contribution in [0.4, 0.5) is 0 Å². The van der Waals surface area contributed by atoms with Gasteiger partial charge < -0.3 is 15.9 Å². The predicted molar refractivity (Wildman–Crippen MR) is 65.1 cm³/mol. The van der Waals surface area contributed by atoms with Gasteiger partial charge in [-0.15, -0.1) is 0 Å². The van der Waals surface area contributed by atoms with Crippen molar-refractivity contribution in [1.29, 1.82) is 0 Å². The molecule has 90 valence electrons. The van der Waals surface area contributed by atoms with Crippen LogP contribution in [0.25, 0.3) is 0 Å². The maximum atomic E-state index is 10.00. The average molecular weight is 223 g/mol. The molecule has 0 saturated heterocycles. The van der Waals surface area contributed by atoms with Crippen LogP contribution in [-0.4, -0.2) is 16.3 Å². The Morgan fingerprint density at radius 3 is 2.31 bits per heavy atom. The Morgan fingerprint density at radius 1 is 1.25 bits per heavy atom. The minimum Gasteiger partial charge on any atom is -0.508 e. The van der Waals surface area contributed by atoms with Gasteiger partial charge in [0, 0.05) is 11.6 Å². The first kappa shape index (κ1) is 13.0. The van der Waals surface area contributed by atoms with Gasteiger partial charge in [0.1, 0.15) is 5.75 Å². The standard InChI is InChI=1S/C13H21NO2/c1-13(2,3)12(14)8-11(16)9-6-4-5-7-10(9)15/h4-7,11-12,15-16H,8,14H2,1-3H3/t11-,12-/m1/s1. The molecule has 16 heavy (non-hydrogen) atoms. The molecule has 2 atom stereocenters. The third-order valence-corrected chi connectivity index (χ3v) is 2.89. The summed E-state index contributed by atoms with van der Waals surface area (Å²) in [7, 11) is 0. The zero-order chi connectivity index (χ0) is 12.3. The molecule has 0 amide bonds. The minimum absolute atomic E-state index is 0.0502. The van der Waals surface area contributed by atoms with Crippen LogP contribution in [0.2, 0.25) is 0 Å². The number of benzene rings is 1. The third kappa shape index (κ3) is 3.22. The number of aliphatic hydroxyl groups excluding tert-OH is 1. The molecule has 0 saturated carbocycles. The van der Waals surface area contributed by atoms with E-state index in [9.17, 15) is 10.2 Å². The summed E-state index contributed by atoms with van der Waals surface area (Å²) in [6.45, 7) is 6.11. The Morgan fingerprint density at radius 2 is 1.81 bits per heavy atom. The number of aromatic hydroxyl groups is 1. The molecule has 0 heterocycles. The number of hydrogen-bond acceptors (Lipinski definition) is 3. The van der Waals surface area contributed by atoms with Crippen molar-refractivity contribution in [2.75, 3.05) is 0 Å². The van der Waals surface area contributed by atoms with Crippen LogP contribution in [-0.2, 0) is 0 Å². The molecule has 1 aromatic rings. The summed E-state index contributed by atoms with van der Waals surface area (Å²) < 4.78 is 0. The van der Waals surface area contributed by atoms with Crippen LogP contribution in [0.3, 0.4) is 0 Å². The SMILES string of the molecule is CC(C)(C)[C@H](N)C[C@@H](O)c1ccccc1O. The molecule has 0 aromatic heterocycles. The van der Waals surface area contributed by atoms with Crippen molar-refractivity contribution in [3.8, 4) is 5.75 Å². The van der Waals surface area contributed by atoms with Gasteiger partial charge in [0.25, 0.3) is 0 Å². The number of hydrogen-bond donors (Lipinski definition) is 3. The van der Waals surface area contributed by atoms with E-state index >= 15 is 0 Å². The fourth-order valence-corrected chi connectivity index (χ4v) is 1.49. The van der Waals surface area contributed by atoms with E-state index < -0.39 is 6.10 Å². The first-order valence-corrected chi connectivity index (χ1v) is 5.54. The van der Waals surface area contributed by atoms with E-state index in [4.69, 9.17) is 5.73 Å². The van der Waals surface area contributed by atoms with E-state index in [1.807, 2.05) is 20.8 Å². The normalized spacial score (nSPS) is 15.8. The Balaban J connectivity index is 2.73. The molecular weight excluding hydrogens is 202 g/mol. The second-order valence-corrected chi connectivity index (χ2v) is 5.28. The van der Waals surface area contributed by atoms with Crippen molar-refractivity contribution in [3.63, 3.8) is 0 Å². The predicted octanol–water partition coefficient (Wildman–Crippen LogP) is 2.19. The smallest absolute Gasteiger partial charge is 0.121 e. The first-order chi connectivity index (χ1) is 7.32. The Hall–Kier alpha value is -1.06. The molecular formula is C13H21NO2. The number of phenolic OH excluding ortho intramolecular Hbond substituents is 1. The molecule has 1 aromatic carbocycles. The van der Waals surface area contributed by atoms with Crippen LogP contribution >= 0.6 is 0 Å². The van der Waals surface area contributed by atoms with Crippen molar-refractivity contribution in [3.05, 3.63) is 29.8 Å². The van der Waals surface area contributed by atoms with Crippen molar-refractivity contribution >= 4 is 0 Å². The molecule has 0 unspecified atom stereocenters. The van der Waals surface area contributed by atoms with E-state index in [1.54, 1.807) is 24.3 Å². The lowest BCUT2D eigenvalue weighted by molar-refractivity contribution is 0.131. The molecule has 0 radical (unpaired) electrons. The van der Waals surface area contributed by atoms with Gasteiger partial charge in [0.2, 0.25) is 0 Å². The van der Waals surface area contributed by atoms with Crippen molar-refractivity contribution in [2.24, 2.45) is 11.1 Å². The molecule has 4 N–H and O–H groups in total. The lowest BCUT2D eigenvalue weighted by Gasteiger charge is -2.29. The molecule has 0 bridgehead atoms. The van der Waals surface area contributed by atoms with Crippen LogP contribution in [0, 0.1) is 5.41 Å². The second kappa shape index (κ2) is 4.85. The summed E-state index contributed by atoms with van der Waals surface area (Å²) in [5, 5.41) is 19.6. The van der Waals surface area contributed by atoms with Gasteiger partial charge in [-0.1, -0.05) is 39.0 Å². The van der Waals surface area contributed by atoms with Gasteiger partial charge in [0.15, 0.2) is 0 Å². The maximum Gasteiger partial charge on any atom is 0.121 e. The quantitative estimate of drug-likeness (QED) is 0.736. The van der Waals surface area contributed by atoms with Gasteiger partial charge in [-0.05, 0) is 17.9 Å². The lowest BCUT2D eigenvalue weighted by Crippen LogP contribution is -2.36.